The lowest BCUT2D eigenvalue weighted by molar-refractivity contribution is -0.159. The van der Waals surface area contributed by atoms with E-state index in [9.17, 15) is 9.90 Å². The first kappa shape index (κ1) is 16.9. The van der Waals surface area contributed by atoms with Crippen molar-refractivity contribution >= 4 is 5.97 Å². The molecule has 4 fully saturated rings. The van der Waals surface area contributed by atoms with E-state index in [0.29, 0.717) is 29.3 Å². The molecule has 0 aliphatic heterocycles. The molecular formula is C21H34O3. The molecule has 0 heterocycles. The molecule has 0 amide bonds. The van der Waals surface area contributed by atoms with Gasteiger partial charge in [0.2, 0.25) is 0 Å². The van der Waals surface area contributed by atoms with Crippen molar-refractivity contribution in [3.8, 4) is 0 Å². The van der Waals surface area contributed by atoms with Crippen molar-refractivity contribution in [2.75, 3.05) is 13.7 Å². The Morgan fingerprint density at radius 2 is 1.88 bits per heavy atom. The van der Waals surface area contributed by atoms with Gasteiger partial charge in [-0.1, -0.05) is 20.3 Å². The smallest absolute Gasteiger partial charge is 0.308 e. The highest BCUT2D eigenvalue weighted by Gasteiger charge is 2.65. The van der Waals surface area contributed by atoms with E-state index in [4.69, 9.17) is 4.74 Å². The topological polar surface area (TPSA) is 46.5 Å². The van der Waals surface area contributed by atoms with E-state index in [1.165, 1.54) is 51.4 Å². The highest BCUT2D eigenvalue weighted by molar-refractivity contribution is 5.73. The van der Waals surface area contributed by atoms with Gasteiger partial charge in [-0.2, -0.15) is 0 Å². The zero-order chi connectivity index (χ0) is 17.2. The predicted octanol–water partition coefficient (Wildman–Crippen LogP) is 4.18. The van der Waals surface area contributed by atoms with Gasteiger partial charge in [-0.25, -0.2) is 0 Å². The first-order valence-electron chi connectivity index (χ1n) is 10.1. The SMILES string of the molecule is COC(=O)C1CC23CCC4C(C)(CO)CCCC4(C)C2CCC1C3. The van der Waals surface area contributed by atoms with Gasteiger partial charge in [0, 0.05) is 6.61 Å². The molecule has 4 aliphatic rings. The zero-order valence-corrected chi connectivity index (χ0v) is 15.6. The van der Waals surface area contributed by atoms with Crippen molar-refractivity contribution in [3.05, 3.63) is 0 Å². The minimum absolute atomic E-state index is 0.0358. The molecule has 7 atom stereocenters. The van der Waals surface area contributed by atoms with Crippen LogP contribution in [0.4, 0.5) is 0 Å². The molecule has 2 bridgehead atoms. The summed E-state index contributed by atoms with van der Waals surface area (Å²) < 4.78 is 5.13. The number of fused-ring (bicyclic) bond motifs is 3. The average Bonchev–Trinajstić information content (AvgIpc) is 2.84. The van der Waals surface area contributed by atoms with E-state index < -0.39 is 0 Å². The second kappa shape index (κ2) is 5.46. The lowest BCUT2D eigenvalue weighted by Crippen LogP contribution is -2.57. The Morgan fingerprint density at radius 3 is 2.58 bits per heavy atom. The molecule has 4 saturated carbocycles. The van der Waals surface area contributed by atoms with E-state index in [2.05, 4.69) is 13.8 Å². The Hall–Kier alpha value is -0.570. The molecule has 1 N–H and O–H groups in total. The maximum atomic E-state index is 12.3. The van der Waals surface area contributed by atoms with Crippen LogP contribution in [0.5, 0.6) is 0 Å². The van der Waals surface area contributed by atoms with E-state index in [1.807, 2.05) is 0 Å². The second-order valence-corrected chi connectivity index (χ2v) is 10.1. The molecule has 7 unspecified atom stereocenters. The molecular weight excluding hydrogens is 300 g/mol. The van der Waals surface area contributed by atoms with Gasteiger partial charge in [-0.15, -0.1) is 0 Å². The van der Waals surface area contributed by atoms with Gasteiger partial charge in [0.25, 0.3) is 0 Å². The number of hydrogen-bond donors (Lipinski definition) is 1. The Bertz CT molecular complexity index is 531. The van der Waals surface area contributed by atoms with Crippen LogP contribution in [0.1, 0.15) is 71.6 Å². The molecule has 4 aliphatic carbocycles. The first-order valence-corrected chi connectivity index (χ1v) is 10.1. The molecule has 136 valence electrons. The van der Waals surface area contributed by atoms with E-state index in [-0.39, 0.29) is 17.3 Å². The first-order chi connectivity index (χ1) is 11.4. The van der Waals surface area contributed by atoms with Gasteiger partial charge < -0.3 is 9.84 Å². The van der Waals surface area contributed by atoms with Crippen LogP contribution in [0.15, 0.2) is 0 Å². The maximum absolute atomic E-state index is 12.3. The van der Waals surface area contributed by atoms with Crippen LogP contribution in [0.3, 0.4) is 0 Å². The fourth-order valence-corrected chi connectivity index (χ4v) is 8.20. The van der Waals surface area contributed by atoms with Crippen LogP contribution < -0.4 is 0 Å². The van der Waals surface area contributed by atoms with Gasteiger partial charge in [-0.05, 0) is 85.4 Å². The van der Waals surface area contributed by atoms with Gasteiger partial charge in [-0.3, -0.25) is 4.79 Å². The molecule has 0 saturated heterocycles. The summed E-state index contributed by atoms with van der Waals surface area (Å²) in [6, 6.07) is 0. The average molecular weight is 335 g/mol. The van der Waals surface area contributed by atoms with E-state index in [1.54, 1.807) is 7.11 Å². The lowest BCUT2D eigenvalue weighted by atomic mass is 9.41. The van der Waals surface area contributed by atoms with Gasteiger partial charge in [0.15, 0.2) is 0 Å². The van der Waals surface area contributed by atoms with Crippen molar-refractivity contribution in [2.45, 2.75) is 71.6 Å². The number of carbonyl (C=O) groups is 1. The van der Waals surface area contributed by atoms with Crippen LogP contribution in [0.2, 0.25) is 0 Å². The Morgan fingerprint density at radius 1 is 1.08 bits per heavy atom. The molecule has 0 aromatic rings. The van der Waals surface area contributed by atoms with Crippen molar-refractivity contribution in [1.29, 1.82) is 0 Å². The lowest BCUT2D eigenvalue weighted by Gasteiger charge is -2.64. The second-order valence-electron chi connectivity index (χ2n) is 10.1. The molecule has 3 nitrogen and oxygen atoms in total. The minimum Gasteiger partial charge on any atom is -0.469 e. The number of carbonyl (C=O) groups excluding carboxylic acids is 1. The molecule has 0 aromatic heterocycles. The summed E-state index contributed by atoms with van der Waals surface area (Å²) >= 11 is 0. The predicted molar refractivity (Wildman–Crippen MR) is 93.3 cm³/mol. The summed E-state index contributed by atoms with van der Waals surface area (Å²) in [6.45, 7) is 5.19. The number of hydrogen-bond acceptors (Lipinski definition) is 3. The molecule has 1 spiro atoms. The monoisotopic (exact) mass is 334 g/mol. The van der Waals surface area contributed by atoms with Gasteiger partial charge in [0.1, 0.15) is 0 Å². The Kier molecular flexibility index (Phi) is 3.84. The largest absolute Gasteiger partial charge is 0.469 e. The number of aliphatic hydroxyl groups is 1. The molecule has 0 aromatic carbocycles. The number of rotatable bonds is 2. The zero-order valence-electron chi connectivity index (χ0n) is 15.6. The Balaban J connectivity index is 1.67. The van der Waals surface area contributed by atoms with E-state index in [0.717, 1.165) is 12.3 Å². The minimum atomic E-state index is 0.0358. The van der Waals surface area contributed by atoms with Crippen molar-refractivity contribution in [1.82, 2.24) is 0 Å². The third-order valence-corrected chi connectivity index (χ3v) is 9.12. The van der Waals surface area contributed by atoms with Crippen molar-refractivity contribution in [2.24, 2.45) is 39.9 Å². The van der Waals surface area contributed by atoms with Crippen LogP contribution >= 0.6 is 0 Å². The fraction of sp³-hybridized carbons (Fsp3) is 0.952. The third-order valence-electron chi connectivity index (χ3n) is 9.12. The fourth-order valence-electron chi connectivity index (χ4n) is 8.20. The quantitative estimate of drug-likeness (QED) is 0.771. The summed E-state index contributed by atoms with van der Waals surface area (Å²) in [7, 11) is 1.55. The van der Waals surface area contributed by atoms with Crippen molar-refractivity contribution < 1.29 is 14.6 Å². The number of ether oxygens (including phenoxy) is 1. The molecule has 4 rings (SSSR count). The summed E-state index contributed by atoms with van der Waals surface area (Å²) in [4.78, 5) is 12.3. The Labute approximate surface area is 146 Å². The molecule has 24 heavy (non-hydrogen) atoms. The summed E-state index contributed by atoms with van der Waals surface area (Å²) in [5.41, 5.74) is 0.830. The standard InChI is InChI=1S/C21H34O3/c1-19(13-22)8-4-9-20(2)16(19)7-10-21-11-14(5-6-17(20)21)15(12-21)18(23)24-3/h14-17,22H,4-13H2,1-3H3. The normalized spacial score (nSPS) is 53.2. The van der Waals surface area contributed by atoms with E-state index >= 15 is 0 Å². The van der Waals surface area contributed by atoms with Gasteiger partial charge in [0.05, 0.1) is 13.0 Å². The highest BCUT2D eigenvalue weighted by Crippen LogP contribution is 2.72. The van der Waals surface area contributed by atoms with Crippen LogP contribution in [-0.4, -0.2) is 24.8 Å². The van der Waals surface area contributed by atoms with Crippen LogP contribution in [0, 0.1) is 39.9 Å². The van der Waals surface area contributed by atoms with Crippen molar-refractivity contribution in [3.63, 3.8) is 0 Å². The maximum Gasteiger partial charge on any atom is 0.308 e. The van der Waals surface area contributed by atoms with Crippen LogP contribution in [-0.2, 0) is 9.53 Å². The third kappa shape index (κ3) is 2.09. The number of aliphatic hydroxyl groups excluding tert-OH is 1. The summed E-state index contributed by atoms with van der Waals surface area (Å²) in [5, 5.41) is 10.1. The number of methoxy groups -OCH3 is 1. The molecule has 3 heteroatoms. The molecule has 0 radical (unpaired) electrons. The van der Waals surface area contributed by atoms with Gasteiger partial charge >= 0.3 is 5.97 Å². The number of esters is 1. The highest BCUT2D eigenvalue weighted by atomic mass is 16.5. The van der Waals surface area contributed by atoms with Crippen LogP contribution in [0.25, 0.3) is 0 Å². The summed E-state index contributed by atoms with van der Waals surface area (Å²) in [6.07, 6.45) is 11.0. The summed E-state index contributed by atoms with van der Waals surface area (Å²) in [5.74, 6) is 2.12.